The number of aromatic amines is 1. The molecule has 1 heterocycles. The Morgan fingerprint density at radius 1 is 1.19 bits per heavy atom. The van der Waals surface area contributed by atoms with E-state index in [1.807, 2.05) is 13.0 Å². The van der Waals surface area contributed by atoms with Crippen LogP contribution in [0.2, 0.25) is 0 Å². The summed E-state index contributed by atoms with van der Waals surface area (Å²) in [7, 11) is 1.67. The predicted octanol–water partition coefficient (Wildman–Crippen LogP) is 5.09. The number of rotatable bonds is 8. The fourth-order valence-corrected chi connectivity index (χ4v) is 3.56. The van der Waals surface area contributed by atoms with Gasteiger partial charge in [0.05, 0.1) is 18.2 Å². The molecule has 3 aromatic rings. The Labute approximate surface area is 168 Å². The first-order chi connectivity index (χ1) is 12.2. The summed E-state index contributed by atoms with van der Waals surface area (Å²) < 4.78 is 12.0. The Balaban J connectivity index is 0.00000243. The monoisotopic (exact) mass is 438 g/mol. The number of ether oxygens (including phenoxy) is 2. The van der Waals surface area contributed by atoms with Crippen molar-refractivity contribution >= 4 is 39.2 Å². The molecule has 0 spiro atoms. The van der Waals surface area contributed by atoms with Gasteiger partial charge in [-0.05, 0) is 65.1 Å². The standard InChI is InChI=1S/C20H23BrN2O2.ClH/c1-3-25-20-17(21)10-14(11-19(20)24-2)12-22-9-8-15-13-23-18-7-5-4-6-16(15)18;/h4-7,10-11,13,22-23H,3,8-9,12H2,1-2H3;1H. The van der Waals surface area contributed by atoms with E-state index in [2.05, 4.69) is 62.8 Å². The van der Waals surface area contributed by atoms with Crippen molar-refractivity contribution in [2.24, 2.45) is 0 Å². The molecule has 2 N–H and O–H groups in total. The van der Waals surface area contributed by atoms with Gasteiger partial charge in [0.1, 0.15) is 0 Å². The Morgan fingerprint density at radius 2 is 2.00 bits per heavy atom. The smallest absolute Gasteiger partial charge is 0.175 e. The third-order valence-electron chi connectivity index (χ3n) is 4.15. The van der Waals surface area contributed by atoms with E-state index in [9.17, 15) is 0 Å². The van der Waals surface area contributed by atoms with Crippen LogP contribution in [0.5, 0.6) is 11.5 Å². The highest BCUT2D eigenvalue weighted by atomic mass is 79.9. The summed E-state index contributed by atoms with van der Waals surface area (Å²) in [5.74, 6) is 1.51. The summed E-state index contributed by atoms with van der Waals surface area (Å²) in [6.07, 6.45) is 3.09. The zero-order chi connectivity index (χ0) is 17.6. The minimum absolute atomic E-state index is 0. The van der Waals surface area contributed by atoms with Gasteiger partial charge in [0.2, 0.25) is 0 Å². The molecule has 0 fully saturated rings. The van der Waals surface area contributed by atoms with Crippen molar-refractivity contribution in [1.82, 2.24) is 10.3 Å². The van der Waals surface area contributed by atoms with E-state index in [0.29, 0.717) is 6.61 Å². The van der Waals surface area contributed by atoms with Crippen LogP contribution in [-0.2, 0) is 13.0 Å². The van der Waals surface area contributed by atoms with Crippen LogP contribution in [0.3, 0.4) is 0 Å². The third-order valence-corrected chi connectivity index (χ3v) is 4.74. The van der Waals surface area contributed by atoms with E-state index in [-0.39, 0.29) is 12.4 Å². The molecule has 26 heavy (non-hydrogen) atoms. The molecule has 4 nitrogen and oxygen atoms in total. The van der Waals surface area contributed by atoms with Crippen molar-refractivity contribution in [3.8, 4) is 11.5 Å². The molecule has 0 atom stereocenters. The first-order valence-electron chi connectivity index (χ1n) is 8.47. The summed E-state index contributed by atoms with van der Waals surface area (Å²) in [5.41, 5.74) is 3.69. The van der Waals surface area contributed by atoms with Gasteiger partial charge in [-0.25, -0.2) is 0 Å². The van der Waals surface area contributed by atoms with Gasteiger partial charge in [0.15, 0.2) is 11.5 Å². The molecule has 6 heteroatoms. The second-order valence-corrected chi connectivity index (χ2v) is 6.68. The van der Waals surface area contributed by atoms with Crippen molar-refractivity contribution in [2.45, 2.75) is 19.9 Å². The number of fused-ring (bicyclic) bond motifs is 1. The summed E-state index contributed by atoms with van der Waals surface area (Å²) >= 11 is 3.57. The number of benzene rings is 2. The average molecular weight is 440 g/mol. The highest BCUT2D eigenvalue weighted by Crippen LogP contribution is 2.36. The zero-order valence-corrected chi connectivity index (χ0v) is 17.4. The number of para-hydroxylation sites is 1. The molecule has 0 aliphatic carbocycles. The van der Waals surface area contributed by atoms with Gasteiger partial charge < -0.3 is 19.8 Å². The molecule has 0 radical (unpaired) electrons. The van der Waals surface area contributed by atoms with E-state index >= 15 is 0 Å². The number of aromatic nitrogens is 1. The third kappa shape index (κ3) is 4.72. The van der Waals surface area contributed by atoms with Gasteiger partial charge in [-0.3, -0.25) is 0 Å². The van der Waals surface area contributed by atoms with Gasteiger partial charge in [-0.15, -0.1) is 12.4 Å². The molecule has 0 bridgehead atoms. The molecule has 0 saturated carbocycles. The topological polar surface area (TPSA) is 46.3 Å². The number of halogens is 2. The van der Waals surface area contributed by atoms with E-state index in [0.717, 1.165) is 41.0 Å². The summed E-state index contributed by atoms with van der Waals surface area (Å²) in [5, 5.41) is 4.80. The Morgan fingerprint density at radius 3 is 2.77 bits per heavy atom. The molecule has 0 amide bonds. The largest absolute Gasteiger partial charge is 0.493 e. The fraction of sp³-hybridized carbons (Fsp3) is 0.300. The molecule has 0 saturated heterocycles. The second kappa shape index (κ2) is 9.86. The number of hydrogen-bond donors (Lipinski definition) is 2. The quantitative estimate of drug-likeness (QED) is 0.480. The average Bonchev–Trinajstić information content (AvgIpc) is 3.04. The number of H-pyrrole nitrogens is 1. The molecular formula is C20H24BrClN2O2. The first-order valence-corrected chi connectivity index (χ1v) is 9.27. The van der Waals surface area contributed by atoms with E-state index in [1.54, 1.807) is 7.11 Å². The SMILES string of the molecule is CCOc1c(Br)cc(CNCCc2c[nH]c3ccccc23)cc1OC.Cl. The van der Waals surface area contributed by atoms with E-state index in [4.69, 9.17) is 9.47 Å². The van der Waals surface area contributed by atoms with Crippen LogP contribution in [0.1, 0.15) is 18.1 Å². The van der Waals surface area contributed by atoms with Crippen LogP contribution in [0.25, 0.3) is 10.9 Å². The maximum atomic E-state index is 5.63. The predicted molar refractivity (Wildman–Crippen MR) is 113 cm³/mol. The first kappa shape index (κ1) is 20.6. The molecule has 140 valence electrons. The Kier molecular flexibility index (Phi) is 7.82. The van der Waals surface area contributed by atoms with Gasteiger partial charge in [-0.1, -0.05) is 18.2 Å². The summed E-state index contributed by atoms with van der Waals surface area (Å²) in [6, 6.07) is 12.5. The number of hydrogen-bond acceptors (Lipinski definition) is 3. The second-order valence-electron chi connectivity index (χ2n) is 5.83. The maximum Gasteiger partial charge on any atom is 0.175 e. The number of methoxy groups -OCH3 is 1. The van der Waals surface area contributed by atoms with Crippen LogP contribution < -0.4 is 14.8 Å². The molecular weight excluding hydrogens is 416 g/mol. The van der Waals surface area contributed by atoms with Crippen LogP contribution >= 0.6 is 28.3 Å². The zero-order valence-electron chi connectivity index (χ0n) is 15.0. The van der Waals surface area contributed by atoms with Gasteiger partial charge in [-0.2, -0.15) is 0 Å². The number of nitrogens with one attached hydrogen (secondary N) is 2. The van der Waals surface area contributed by atoms with Crippen LogP contribution in [0.15, 0.2) is 47.1 Å². The Bertz CT molecular complexity index is 851. The van der Waals surface area contributed by atoms with Crippen LogP contribution in [-0.4, -0.2) is 25.2 Å². The molecule has 0 aliphatic heterocycles. The minimum Gasteiger partial charge on any atom is -0.493 e. The van der Waals surface area contributed by atoms with Gasteiger partial charge in [0, 0.05) is 23.6 Å². The summed E-state index contributed by atoms with van der Waals surface area (Å²) in [4.78, 5) is 3.32. The molecule has 1 aromatic heterocycles. The van der Waals surface area contributed by atoms with Crippen LogP contribution in [0, 0.1) is 0 Å². The maximum absolute atomic E-state index is 5.63. The fourth-order valence-electron chi connectivity index (χ4n) is 2.95. The molecule has 2 aromatic carbocycles. The summed E-state index contributed by atoms with van der Waals surface area (Å²) in [6.45, 7) is 4.27. The van der Waals surface area contributed by atoms with Crippen molar-refractivity contribution in [2.75, 3.05) is 20.3 Å². The van der Waals surface area contributed by atoms with Crippen molar-refractivity contribution in [1.29, 1.82) is 0 Å². The highest BCUT2D eigenvalue weighted by molar-refractivity contribution is 9.10. The molecule has 0 aliphatic rings. The molecule has 3 rings (SSSR count). The minimum atomic E-state index is 0. The van der Waals surface area contributed by atoms with Gasteiger partial charge in [0.25, 0.3) is 0 Å². The van der Waals surface area contributed by atoms with Gasteiger partial charge >= 0.3 is 0 Å². The van der Waals surface area contributed by atoms with E-state index < -0.39 is 0 Å². The van der Waals surface area contributed by atoms with Crippen molar-refractivity contribution in [3.63, 3.8) is 0 Å². The van der Waals surface area contributed by atoms with Crippen molar-refractivity contribution < 1.29 is 9.47 Å². The normalized spacial score (nSPS) is 10.6. The van der Waals surface area contributed by atoms with Crippen LogP contribution in [0.4, 0.5) is 0 Å². The van der Waals surface area contributed by atoms with E-state index in [1.165, 1.54) is 16.5 Å². The lowest BCUT2D eigenvalue weighted by Crippen LogP contribution is -2.16. The molecule has 0 unspecified atom stereocenters. The lowest BCUT2D eigenvalue weighted by atomic mass is 10.1. The lowest BCUT2D eigenvalue weighted by molar-refractivity contribution is 0.308. The Hall–Kier alpha value is -1.69. The lowest BCUT2D eigenvalue weighted by Gasteiger charge is -2.13. The highest BCUT2D eigenvalue weighted by Gasteiger charge is 2.11. The van der Waals surface area contributed by atoms with Crippen molar-refractivity contribution in [3.05, 3.63) is 58.2 Å².